The van der Waals surface area contributed by atoms with Crippen LogP contribution >= 0.6 is 24.0 Å². The number of aliphatic imine (C=N–C) groups is 1. The van der Waals surface area contributed by atoms with Gasteiger partial charge in [-0.2, -0.15) is 0 Å². The molecule has 0 aliphatic carbocycles. The van der Waals surface area contributed by atoms with E-state index < -0.39 is 0 Å². The van der Waals surface area contributed by atoms with Gasteiger partial charge in [0, 0.05) is 64.5 Å². The second kappa shape index (κ2) is 13.2. The molecule has 8 nitrogen and oxygen atoms in total. The van der Waals surface area contributed by atoms with E-state index in [0.29, 0.717) is 24.7 Å². The molecule has 9 heteroatoms. The standard InChI is InChI=1S/C22H36N6O2.HI/c1-23-22(28-9-7-20(17-28)27-11-13-30-14-12-27)25-16-18-5-4-6-19(15-18)21(29)24-8-10-26(2)3;/h4-6,15,20H,7-14,16-17H2,1-3H3,(H,23,25)(H,24,29);1H. The lowest BCUT2D eigenvalue weighted by Gasteiger charge is -2.32. The third-order valence-electron chi connectivity index (χ3n) is 5.72. The quantitative estimate of drug-likeness (QED) is 0.304. The third-order valence-corrected chi connectivity index (χ3v) is 5.72. The number of hydrogen-bond acceptors (Lipinski definition) is 5. The van der Waals surface area contributed by atoms with Crippen molar-refractivity contribution in [1.29, 1.82) is 0 Å². The average molecular weight is 544 g/mol. The van der Waals surface area contributed by atoms with Gasteiger partial charge in [0.1, 0.15) is 0 Å². The molecule has 1 unspecified atom stereocenters. The van der Waals surface area contributed by atoms with Crippen LogP contribution in [0.5, 0.6) is 0 Å². The second-order valence-electron chi connectivity index (χ2n) is 8.20. The number of halogens is 1. The summed E-state index contributed by atoms with van der Waals surface area (Å²) in [6, 6.07) is 8.35. The molecular weight excluding hydrogens is 507 g/mol. The van der Waals surface area contributed by atoms with E-state index in [1.807, 2.05) is 50.3 Å². The van der Waals surface area contributed by atoms with Gasteiger partial charge in [-0.05, 0) is 38.2 Å². The molecule has 1 aromatic carbocycles. The first kappa shape index (κ1) is 25.8. The van der Waals surface area contributed by atoms with Crippen molar-refractivity contribution in [3.8, 4) is 0 Å². The number of hydrogen-bond donors (Lipinski definition) is 2. The van der Waals surface area contributed by atoms with E-state index in [1.165, 1.54) is 0 Å². The molecule has 1 amide bonds. The minimum Gasteiger partial charge on any atom is -0.379 e. The van der Waals surface area contributed by atoms with Crippen LogP contribution < -0.4 is 10.6 Å². The summed E-state index contributed by atoms with van der Waals surface area (Å²) in [5.74, 6) is 0.891. The highest BCUT2D eigenvalue weighted by molar-refractivity contribution is 14.0. The van der Waals surface area contributed by atoms with Crippen LogP contribution in [0.2, 0.25) is 0 Å². The number of ether oxygens (including phenoxy) is 1. The molecule has 2 aliphatic heterocycles. The van der Waals surface area contributed by atoms with Crippen molar-refractivity contribution in [3.63, 3.8) is 0 Å². The fourth-order valence-electron chi connectivity index (χ4n) is 4.01. The zero-order valence-electron chi connectivity index (χ0n) is 19.0. The highest BCUT2D eigenvalue weighted by Crippen LogP contribution is 2.17. The largest absolute Gasteiger partial charge is 0.379 e. The Morgan fingerprint density at radius 2 is 2.00 bits per heavy atom. The molecule has 2 fully saturated rings. The molecule has 174 valence electrons. The number of rotatable bonds is 7. The van der Waals surface area contributed by atoms with Gasteiger partial charge >= 0.3 is 0 Å². The van der Waals surface area contributed by atoms with Crippen LogP contribution in [-0.4, -0.2) is 106 Å². The van der Waals surface area contributed by atoms with Gasteiger partial charge in [-0.25, -0.2) is 0 Å². The van der Waals surface area contributed by atoms with Gasteiger partial charge in [0.2, 0.25) is 0 Å². The maximum absolute atomic E-state index is 12.4. The summed E-state index contributed by atoms with van der Waals surface area (Å²) < 4.78 is 5.48. The van der Waals surface area contributed by atoms with Crippen LogP contribution in [0.25, 0.3) is 0 Å². The molecular formula is C22H37IN6O2. The monoisotopic (exact) mass is 544 g/mol. The molecule has 0 radical (unpaired) electrons. The van der Waals surface area contributed by atoms with Gasteiger partial charge < -0.3 is 25.2 Å². The van der Waals surface area contributed by atoms with Gasteiger partial charge in [-0.3, -0.25) is 14.7 Å². The Morgan fingerprint density at radius 1 is 1.23 bits per heavy atom. The van der Waals surface area contributed by atoms with E-state index in [2.05, 4.69) is 25.4 Å². The van der Waals surface area contributed by atoms with Gasteiger partial charge in [0.25, 0.3) is 5.91 Å². The minimum atomic E-state index is -0.0315. The number of carbonyl (C=O) groups is 1. The second-order valence-corrected chi connectivity index (χ2v) is 8.20. The zero-order chi connectivity index (χ0) is 21.3. The van der Waals surface area contributed by atoms with Gasteiger partial charge in [-0.1, -0.05) is 12.1 Å². The summed E-state index contributed by atoms with van der Waals surface area (Å²) in [4.78, 5) is 23.8. The van der Waals surface area contributed by atoms with E-state index in [9.17, 15) is 4.79 Å². The highest BCUT2D eigenvalue weighted by atomic mass is 127. The maximum atomic E-state index is 12.4. The van der Waals surface area contributed by atoms with Gasteiger partial charge in [0.15, 0.2) is 5.96 Å². The molecule has 31 heavy (non-hydrogen) atoms. The SMILES string of the molecule is CN=C(NCc1cccc(C(=O)NCCN(C)C)c1)N1CCC(N2CCOCC2)C1.I. The summed E-state index contributed by atoms with van der Waals surface area (Å²) in [7, 11) is 5.82. The Morgan fingerprint density at radius 3 is 2.71 bits per heavy atom. The lowest BCUT2D eigenvalue weighted by molar-refractivity contribution is 0.0195. The van der Waals surface area contributed by atoms with Crippen molar-refractivity contribution in [3.05, 3.63) is 35.4 Å². The Kier molecular flexibility index (Phi) is 11.0. The lowest BCUT2D eigenvalue weighted by Crippen LogP contribution is -2.46. The number of guanidine groups is 1. The predicted octanol–water partition coefficient (Wildman–Crippen LogP) is 1.08. The summed E-state index contributed by atoms with van der Waals surface area (Å²) in [6.45, 7) is 7.83. The lowest BCUT2D eigenvalue weighted by atomic mass is 10.1. The van der Waals surface area contributed by atoms with Crippen molar-refractivity contribution >= 4 is 35.8 Å². The van der Waals surface area contributed by atoms with E-state index in [0.717, 1.165) is 63.9 Å². The fourth-order valence-corrected chi connectivity index (χ4v) is 4.01. The Balaban J connectivity index is 0.00000341. The van der Waals surface area contributed by atoms with E-state index in [4.69, 9.17) is 4.74 Å². The molecule has 2 aliphatic rings. The maximum Gasteiger partial charge on any atom is 0.251 e. The first-order chi connectivity index (χ1) is 14.6. The molecule has 2 N–H and O–H groups in total. The molecule has 2 heterocycles. The molecule has 2 saturated heterocycles. The average Bonchev–Trinajstić information content (AvgIpc) is 3.25. The highest BCUT2D eigenvalue weighted by Gasteiger charge is 2.30. The third kappa shape index (κ3) is 7.89. The van der Waals surface area contributed by atoms with E-state index in [-0.39, 0.29) is 29.9 Å². The van der Waals surface area contributed by atoms with E-state index in [1.54, 1.807) is 0 Å². The summed E-state index contributed by atoms with van der Waals surface area (Å²) >= 11 is 0. The Hall–Kier alpha value is -1.43. The Bertz CT molecular complexity index is 724. The van der Waals surface area contributed by atoms with Crippen LogP contribution in [0, 0.1) is 0 Å². The molecule has 1 aromatic rings. The number of carbonyl (C=O) groups excluding carboxylic acids is 1. The van der Waals surface area contributed by atoms with Gasteiger partial charge in [-0.15, -0.1) is 24.0 Å². The molecule has 3 rings (SSSR count). The normalized spacial score (nSPS) is 19.9. The van der Waals surface area contributed by atoms with Gasteiger partial charge in [0.05, 0.1) is 13.2 Å². The van der Waals surface area contributed by atoms with E-state index >= 15 is 0 Å². The van der Waals surface area contributed by atoms with Crippen molar-refractivity contribution in [2.24, 2.45) is 4.99 Å². The first-order valence-corrected chi connectivity index (χ1v) is 10.9. The number of nitrogens with zero attached hydrogens (tertiary/aromatic N) is 4. The van der Waals surface area contributed by atoms with Crippen molar-refractivity contribution in [1.82, 2.24) is 25.3 Å². The number of likely N-dealkylation sites (tertiary alicyclic amines) is 1. The van der Waals surface area contributed by atoms with Crippen LogP contribution in [0.1, 0.15) is 22.3 Å². The summed E-state index contributed by atoms with van der Waals surface area (Å²) in [5, 5.41) is 6.44. The number of nitrogens with one attached hydrogen (secondary N) is 2. The fraction of sp³-hybridized carbons (Fsp3) is 0.636. The number of benzene rings is 1. The molecule has 0 saturated carbocycles. The van der Waals surface area contributed by atoms with Crippen molar-refractivity contribution < 1.29 is 9.53 Å². The van der Waals surface area contributed by atoms with Crippen LogP contribution in [0.3, 0.4) is 0 Å². The number of likely N-dealkylation sites (N-methyl/N-ethyl adjacent to an activating group) is 1. The smallest absolute Gasteiger partial charge is 0.251 e. The molecule has 1 atom stereocenters. The van der Waals surface area contributed by atoms with Crippen LogP contribution in [0.15, 0.2) is 29.3 Å². The topological polar surface area (TPSA) is 72.4 Å². The summed E-state index contributed by atoms with van der Waals surface area (Å²) in [5.41, 5.74) is 1.76. The minimum absolute atomic E-state index is 0. The summed E-state index contributed by atoms with van der Waals surface area (Å²) in [6.07, 6.45) is 1.16. The zero-order valence-corrected chi connectivity index (χ0v) is 21.3. The van der Waals surface area contributed by atoms with Crippen LogP contribution in [-0.2, 0) is 11.3 Å². The number of morpholine rings is 1. The Labute approximate surface area is 203 Å². The number of amides is 1. The van der Waals surface area contributed by atoms with Crippen LogP contribution in [0.4, 0.5) is 0 Å². The molecule has 0 aromatic heterocycles. The van der Waals surface area contributed by atoms with Crippen molar-refractivity contribution in [2.45, 2.75) is 19.0 Å². The molecule has 0 spiro atoms. The molecule has 0 bridgehead atoms. The predicted molar refractivity (Wildman–Crippen MR) is 135 cm³/mol. The van der Waals surface area contributed by atoms with Crippen molar-refractivity contribution in [2.75, 3.05) is 73.6 Å². The first-order valence-electron chi connectivity index (χ1n) is 10.9.